The van der Waals surface area contributed by atoms with E-state index in [1.165, 1.54) is 16.7 Å². The Bertz CT molecular complexity index is 1140. The Morgan fingerprint density at radius 2 is 1.10 bits per heavy atom. The van der Waals surface area contributed by atoms with Crippen molar-refractivity contribution in [1.82, 2.24) is 0 Å². The van der Waals surface area contributed by atoms with Gasteiger partial charge in [-0.15, -0.1) is 0 Å². The summed E-state index contributed by atoms with van der Waals surface area (Å²) < 4.78 is 5.77. The first kappa shape index (κ1) is 18.3. The molecule has 0 aromatic heterocycles. The Hall–Kier alpha value is -3.72. The van der Waals surface area contributed by atoms with Gasteiger partial charge in [0.05, 0.1) is 19.2 Å². The van der Waals surface area contributed by atoms with Gasteiger partial charge in [-0.1, -0.05) is 72.8 Å². The molecule has 0 unspecified atom stereocenters. The van der Waals surface area contributed by atoms with E-state index in [0.717, 1.165) is 22.7 Å². The Kier molecular flexibility index (Phi) is 4.86. The minimum atomic E-state index is 0.0348. The first-order valence-electron chi connectivity index (χ1n) is 10.2. The minimum absolute atomic E-state index is 0.0348. The molecule has 0 spiro atoms. The van der Waals surface area contributed by atoms with E-state index in [0.29, 0.717) is 0 Å². The fourth-order valence-electron chi connectivity index (χ4n) is 4.37. The molecule has 0 amide bonds. The minimum Gasteiger partial charge on any atom is -0.496 e. The number of nitrogens with one attached hydrogen (secondary N) is 2. The number of anilines is 2. The van der Waals surface area contributed by atoms with Crippen molar-refractivity contribution in [2.75, 3.05) is 17.7 Å². The average molecular weight is 393 g/mol. The standard InChI is InChI=1S/C27H24N2O/c1-30-24-18-10-17-23-25(24)21-15-8-9-16-22(21)26(28-19-11-4-2-5-12-19)27(23)29-20-13-6-3-7-14-20/h2-18,26-29H,1H3/t26-,27-/m0/s1. The maximum Gasteiger partial charge on any atom is 0.127 e. The van der Waals surface area contributed by atoms with Crippen LogP contribution in [0.25, 0.3) is 11.1 Å². The Balaban J connectivity index is 1.68. The summed E-state index contributed by atoms with van der Waals surface area (Å²) in [6.45, 7) is 0. The zero-order valence-electron chi connectivity index (χ0n) is 16.9. The van der Waals surface area contributed by atoms with Crippen molar-refractivity contribution >= 4 is 11.4 Å². The first-order valence-corrected chi connectivity index (χ1v) is 10.2. The van der Waals surface area contributed by atoms with E-state index in [4.69, 9.17) is 4.74 Å². The highest BCUT2D eigenvalue weighted by atomic mass is 16.5. The van der Waals surface area contributed by atoms with Crippen LogP contribution in [-0.4, -0.2) is 7.11 Å². The molecule has 5 rings (SSSR count). The van der Waals surface area contributed by atoms with Crippen LogP contribution >= 0.6 is 0 Å². The van der Waals surface area contributed by atoms with Crippen LogP contribution in [0.2, 0.25) is 0 Å². The smallest absolute Gasteiger partial charge is 0.127 e. The first-order chi connectivity index (χ1) is 14.8. The summed E-state index contributed by atoms with van der Waals surface area (Å²) in [5.74, 6) is 0.901. The fourth-order valence-corrected chi connectivity index (χ4v) is 4.37. The molecule has 1 aliphatic rings. The summed E-state index contributed by atoms with van der Waals surface area (Å²) in [6, 6.07) is 35.8. The Morgan fingerprint density at radius 3 is 1.73 bits per heavy atom. The summed E-state index contributed by atoms with van der Waals surface area (Å²) in [4.78, 5) is 0. The van der Waals surface area contributed by atoms with Crippen molar-refractivity contribution in [2.24, 2.45) is 0 Å². The maximum atomic E-state index is 5.77. The van der Waals surface area contributed by atoms with E-state index in [2.05, 4.69) is 95.6 Å². The van der Waals surface area contributed by atoms with Gasteiger partial charge in [-0.25, -0.2) is 0 Å². The number of fused-ring (bicyclic) bond motifs is 3. The summed E-state index contributed by atoms with van der Waals surface area (Å²) in [5, 5.41) is 7.56. The molecular formula is C27H24N2O. The second-order valence-electron chi connectivity index (χ2n) is 7.49. The zero-order valence-corrected chi connectivity index (χ0v) is 16.9. The third kappa shape index (κ3) is 3.29. The lowest BCUT2D eigenvalue weighted by Crippen LogP contribution is -2.29. The molecule has 0 bridgehead atoms. The van der Waals surface area contributed by atoms with Crippen LogP contribution in [0.5, 0.6) is 5.75 Å². The molecule has 30 heavy (non-hydrogen) atoms. The van der Waals surface area contributed by atoms with Gasteiger partial charge in [0.1, 0.15) is 5.75 Å². The lowest BCUT2D eigenvalue weighted by molar-refractivity contribution is 0.415. The summed E-state index contributed by atoms with van der Waals surface area (Å²) in [5.41, 5.74) is 7.05. The van der Waals surface area contributed by atoms with Gasteiger partial charge in [-0.3, -0.25) is 0 Å². The van der Waals surface area contributed by atoms with E-state index in [1.807, 2.05) is 18.2 Å². The lowest BCUT2D eigenvalue weighted by atomic mass is 9.78. The maximum absolute atomic E-state index is 5.77. The van der Waals surface area contributed by atoms with Gasteiger partial charge < -0.3 is 15.4 Å². The number of ether oxygens (including phenoxy) is 1. The molecule has 0 heterocycles. The second kappa shape index (κ2) is 7.96. The molecular weight excluding hydrogens is 368 g/mol. The number of hydrogen-bond donors (Lipinski definition) is 2. The highest BCUT2D eigenvalue weighted by Gasteiger charge is 2.35. The molecule has 0 radical (unpaired) electrons. The molecule has 0 saturated carbocycles. The lowest BCUT2D eigenvalue weighted by Gasteiger charge is -2.38. The predicted octanol–water partition coefficient (Wildman–Crippen LogP) is 6.68. The van der Waals surface area contributed by atoms with Crippen LogP contribution < -0.4 is 15.4 Å². The largest absolute Gasteiger partial charge is 0.496 e. The molecule has 3 nitrogen and oxygen atoms in total. The Morgan fingerprint density at radius 1 is 0.567 bits per heavy atom. The predicted molar refractivity (Wildman–Crippen MR) is 124 cm³/mol. The zero-order chi connectivity index (χ0) is 20.3. The van der Waals surface area contributed by atoms with Gasteiger partial charge in [0.15, 0.2) is 0 Å². The highest BCUT2D eigenvalue weighted by molar-refractivity contribution is 5.81. The quantitative estimate of drug-likeness (QED) is 0.397. The molecule has 0 saturated heterocycles. The van der Waals surface area contributed by atoms with Gasteiger partial charge in [0.2, 0.25) is 0 Å². The molecule has 1 aliphatic carbocycles. The van der Waals surface area contributed by atoms with Gasteiger partial charge >= 0.3 is 0 Å². The van der Waals surface area contributed by atoms with Gasteiger partial charge in [0, 0.05) is 16.9 Å². The Labute approximate surface area is 177 Å². The third-order valence-corrected chi connectivity index (χ3v) is 5.70. The molecule has 0 aliphatic heterocycles. The topological polar surface area (TPSA) is 33.3 Å². The van der Waals surface area contributed by atoms with Gasteiger partial charge in [0.25, 0.3) is 0 Å². The van der Waals surface area contributed by atoms with Crippen LogP contribution in [0.1, 0.15) is 23.2 Å². The second-order valence-corrected chi connectivity index (χ2v) is 7.49. The van der Waals surface area contributed by atoms with E-state index in [-0.39, 0.29) is 12.1 Å². The normalized spacial score (nSPS) is 16.8. The summed E-state index contributed by atoms with van der Waals surface area (Å²) in [6.07, 6.45) is 0. The number of hydrogen-bond acceptors (Lipinski definition) is 3. The molecule has 0 fully saturated rings. The van der Waals surface area contributed by atoms with Crippen LogP contribution in [0.15, 0.2) is 103 Å². The van der Waals surface area contributed by atoms with E-state index in [9.17, 15) is 0 Å². The number of benzene rings is 4. The van der Waals surface area contributed by atoms with Gasteiger partial charge in [-0.05, 0) is 47.0 Å². The molecule has 4 aromatic carbocycles. The SMILES string of the molecule is COc1cccc2c1-c1ccccc1[C@H](Nc1ccccc1)[C@H]2Nc1ccccc1. The van der Waals surface area contributed by atoms with Crippen molar-refractivity contribution in [3.63, 3.8) is 0 Å². The van der Waals surface area contributed by atoms with Crippen molar-refractivity contribution in [2.45, 2.75) is 12.1 Å². The van der Waals surface area contributed by atoms with Crippen molar-refractivity contribution in [3.05, 3.63) is 114 Å². The van der Waals surface area contributed by atoms with Crippen LogP contribution in [-0.2, 0) is 0 Å². The molecule has 4 aromatic rings. The van der Waals surface area contributed by atoms with E-state index in [1.54, 1.807) is 7.11 Å². The monoisotopic (exact) mass is 392 g/mol. The number of para-hydroxylation sites is 2. The molecule has 3 heteroatoms. The number of rotatable bonds is 5. The van der Waals surface area contributed by atoms with Crippen LogP contribution in [0, 0.1) is 0 Å². The van der Waals surface area contributed by atoms with Gasteiger partial charge in [-0.2, -0.15) is 0 Å². The summed E-state index contributed by atoms with van der Waals surface area (Å²) >= 11 is 0. The van der Waals surface area contributed by atoms with Crippen molar-refractivity contribution in [1.29, 1.82) is 0 Å². The van der Waals surface area contributed by atoms with E-state index < -0.39 is 0 Å². The number of methoxy groups -OCH3 is 1. The van der Waals surface area contributed by atoms with Crippen molar-refractivity contribution < 1.29 is 4.74 Å². The molecule has 2 atom stereocenters. The summed E-state index contributed by atoms with van der Waals surface area (Å²) in [7, 11) is 1.74. The van der Waals surface area contributed by atoms with Crippen LogP contribution in [0.4, 0.5) is 11.4 Å². The average Bonchev–Trinajstić information content (AvgIpc) is 2.82. The third-order valence-electron chi connectivity index (χ3n) is 5.70. The van der Waals surface area contributed by atoms with E-state index >= 15 is 0 Å². The molecule has 148 valence electrons. The fraction of sp³-hybridized carbons (Fsp3) is 0.111. The van der Waals surface area contributed by atoms with Crippen LogP contribution in [0.3, 0.4) is 0 Å². The highest BCUT2D eigenvalue weighted by Crippen LogP contribution is 2.50. The molecule has 2 N–H and O–H groups in total. The van der Waals surface area contributed by atoms with Crippen molar-refractivity contribution in [3.8, 4) is 16.9 Å².